The van der Waals surface area contributed by atoms with Gasteiger partial charge in [0.2, 0.25) is 0 Å². The van der Waals surface area contributed by atoms with E-state index in [4.69, 9.17) is 0 Å². The summed E-state index contributed by atoms with van der Waals surface area (Å²) in [4.78, 5) is 16.0. The van der Waals surface area contributed by atoms with Crippen LogP contribution in [0.2, 0.25) is 0 Å². The van der Waals surface area contributed by atoms with Crippen molar-refractivity contribution in [1.82, 2.24) is 10.3 Å². The second kappa shape index (κ2) is 7.38. The number of pyridine rings is 1. The number of amides is 1. The van der Waals surface area contributed by atoms with Crippen molar-refractivity contribution in [1.29, 1.82) is 0 Å². The van der Waals surface area contributed by atoms with Crippen molar-refractivity contribution >= 4 is 17.3 Å². The van der Waals surface area contributed by atoms with E-state index in [1.54, 1.807) is 30.3 Å². The molecule has 0 aliphatic carbocycles. The highest BCUT2D eigenvalue weighted by atomic mass is 19.1. The van der Waals surface area contributed by atoms with E-state index in [0.717, 1.165) is 12.8 Å². The molecule has 1 heterocycles. The fourth-order valence-electron chi connectivity index (χ4n) is 1.82. The van der Waals surface area contributed by atoms with Gasteiger partial charge < -0.3 is 10.6 Å². The van der Waals surface area contributed by atoms with E-state index in [-0.39, 0.29) is 11.7 Å². The number of nitrogens with zero attached hydrogens (tertiary/aromatic N) is 1. The van der Waals surface area contributed by atoms with Crippen molar-refractivity contribution in [2.45, 2.75) is 19.8 Å². The Balaban J connectivity index is 2.07. The SMILES string of the molecule is CCCCNC(=O)c1cc(Nc2ccccc2F)ccn1. The highest BCUT2D eigenvalue weighted by molar-refractivity contribution is 5.93. The molecular weight excluding hydrogens is 269 g/mol. The van der Waals surface area contributed by atoms with Crippen LogP contribution >= 0.6 is 0 Å². The molecule has 110 valence electrons. The largest absolute Gasteiger partial charge is 0.353 e. The summed E-state index contributed by atoms with van der Waals surface area (Å²) in [7, 11) is 0. The molecule has 4 nitrogen and oxygen atoms in total. The lowest BCUT2D eigenvalue weighted by molar-refractivity contribution is 0.0948. The van der Waals surface area contributed by atoms with Crippen LogP contribution in [-0.2, 0) is 0 Å². The number of hydrogen-bond donors (Lipinski definition) is 2. The first-order chi connectivity index (χ1) is 10.2. The average molecular weight is 287 g/mol. The maximum atomic E-state index is 13.6. The van der Waals surface area contributed by atoms with Crippen molar-refractivity contribution in [3.8, 4) is 0 Å². The topological polar surface area (TPSA) is 54.0 Å². The minimum Gasteiger partial charge on any atom is -0.353 e. The second-order valence-corrected chi connectivity index (χ2v) is 4.64. The number of carbonyl (C=O) groups is 1. The van der Waals surface area contributed by atoms with E-state index in [2.05, 4.69) is 22.5 Å². The van der Waals surface area contributed by atoms with Gasteiger partial charge in [-0.3, -0.25) is 9.78 Å². The zero-order valence-corrected chi connectivity index (χ0v) is 11.9. The Labute approximate surface area is 123 Å². The number of anilines is 2. The first-order valence-corrected chi connectivity index (χ1v) is 6.96. The Morgan fingerprint density at radius 3 is 2.86 bits per heavy atom. The number of para-hydroxylation sites is 1. The molecule has 0 saturated heterocycles. The van der Waals surface area contributed by atoms with Gasteiger partial charge in [-0.15, -0.1) is 0 Å². The molecule has 0 aliphatic heterocycles. The molecule has 2 aromatic rings. The number of nitrogens with one attached hydrogen (secondary N) is 2. The standard InChI is InChI=1S/C16H18FN3O/c1-2-3-9-19-16(21)15-11-12(8-10-18-15)20-14-7-5-4-6-13(14)17/h4-8,10-11H,2-3,9H2,1H3,(H,18,20)(H,19,21). The number of aromatic nitrogens is 1. The molecule has 0 saturated carbocycles. The van der Waals surface area contributed by atoms with Gasteiger partial charge in [0.05, 0.1) is 5.69 Å². The van der Waals surface area contributed by atoms with Crippen LogP contribution in [0.5, 0.6) is 0 Å². The molecule has 1 aromatic heterocycles. The third kappa shape index (κ3) is 4.27. The van der Waals surface area contributed by atoms with Gasteiger partial charge in [-0.05, 0) is 30.7 Å². The van der Waals surface area contributed by atoms with E-state index < -0.39 is 0 Å². The molecule has 21 heavy (non-hydrogen) atoms. The first kappa shape index (κ1) is 15.0. The molecule has 0 aliphatic rings. The first-order valence-electron chi connectivity index (χ1n) is 6.96. The maximum Gasteiger partial charge on any atom is 0.269 e. The van der Waals surface area contributed by atoms with E-state index in [9.17, 15) is 9.18 Å². The van der Waals surface area contributed by atoms with Crippen LogP contribution in [-0.4, -0.2) is 17.4 Å². The summed E-state index contributed by atoms with van der Waals surface area (Å²) < 4.78 is 13.6. The summed E-state index contributed by atoms with van der Waals surface area (Å²) in [6.45, 7) is 2.69. The molecule has 0 fully saturated rings. The molecule has 0 spiro atoms. The quantitative estimate of drug-likeness (QED) is 0.800. The molecule has 1 amide bonds. The van der Waals surface area contributed by atoms with Crippen LogP contribution in [0.1, 0.15) is 30.3 Å². The normalized spacial score (nSPS) is 10.2. The highest BCUT2D eigenvalue weighted by Crippen LogP contribution is 2.19. The van der Waals surface area contributed by atoms with Crippen LogP contribution in [0.3, 0.4) is 0 Å². The Morgan fingerprint density at radius 1 is 1.29 bits per heavy atom. The summed E-state index contributed by atoms with van der Waals surface area (Å²) in [6.07, 6.45) is 3.47. The predicted molar refractivity (Wildman–Crippen MR) is 81.2 cm³/mol. The molecule has 0 radical (unpaired) electrons. The van der Waals surface area contributed by atoms with E-state index >= 15 is 0 Å². The number of carbonyl (C=O) groups excluding carboxylic acids is 1. The number of hydrogen-bond acceptors (Lipinski definition) is 3. The molecular formula is C16H18FN3O. The van der Waals surface area contributed by atoms with Gasteiger partial charge in [0.25, 0.3) is 5.91 Å². The van der Waals surface area contributed by atoms with Gasteiger partial charge in [0.1, 0.15) is 11.5 Å². The van der Waals surface area contributed by atoms with Crippen molar-refractivity contribution < 1.29 is 9.18 Å². The van der Waals surface area contributed by atoms with Gasteiger partial charge >= 0.3 is 0 Å². The van der Waals surface area contributed by atoms with Gasteiger partial charge in [0.15, 0.2) is 0 Å². The summed E-state index contributed by atoms with van der Waals surface area (Å²) >= 11 is 0. The summed E-state index contributed by atoms with van der Waals surface area (Å²) in [5.74, 6) is -0.566. The fourth-order valence-corrected chi connectivity index (χ4v) is 1.82. The monoisotopic (exact) mass is 287 g/mol. The summed E-state index contributed by atoms with van der Waals surface area (Å²) in [5, 5.41) is 5.74. The summed E-state index contributed by atoms with van der Waals surface area (Å²) in [6, 6.07) is 9.67. The number of rotatable bonds is 6. The van der Waals surface area contributed by atoms with Gasteiger partial charge in [0, 0.05) is 18.4 Å². The van der Waals surface area contributed by atoms with Crippen LogP contribution < -0.4 is 10.6 Å². The lowest BCUT2D eigenvalue weighted by Gasteiger charge is -2.09. The van der Waals surface area contributed by atoms with Crippen molar-refractivity contribution in [2.24, 2.45) is 0 Å². The third-order valence-electron chi connectivity index (χ3n) is 2.96. The van der Waals surface area contributed by atoms with E-state index in [0.29, 0.717) is 23.6 Å². The molecule has 0 bridgehead atoms. The Hall–Kier alpha value is -2.43. The fraction of sp³-hybridized carbons (Fsp3) is 0.250. The number of benzene rings is 1. The number of unbranched alkanes of at least 4 members (excludes halogenated alkanes) is 1. The smallest absolute Gasteiger partial charge is 0.269 e. The Kier molecular flexibility index (Phi) is 5.26. The lowest BCUT2D eigenvalue weighted by Crippen LogP contribution is -2.25. The van der Waals surface area contributed by atoms with Crippen LogP contribution in [0, 0.1) is 5.82 Å². The molecule has 2 rings (SSSR count). The molecule has 0 atom stereocenters. The molecule has 0 unspecified atom stereocenters. The second-order valence-electron chi connectivity index (χ2n) is 4.64. The van der Waals surface area contributed by atoms with Crippen LogP contribution in [0.4, 0.5) is 15.8 Å². The zero-order chi connectivity index (χ0) is 15.1. The minimum absolute atomic E-state index is 0.222. The molecule has 5 heteroatoms. The molecule has 2 N–H and O–H groups in total. The third-order valence-corrected chi connectivity index (χ3v) is 2.96. The van der Waals surface area contributed by atoms with Gasteiger partial charge in [-0.25, -0.2) is 4.39 Å². The van der Waals surface area contributed by atoms with Crippen LogP contribution in [0.25, 0.3) is 0 Å². The Morgan fingerprint density at radius 2 is 2.10 bits per heavy atom. The maximum absolute atomic E-state index is 13.6. The predicted octanol–water partition coefficient (Wildman–Crippen LogP) is 3.49. The zero-order valence-electron chi connectivity index (χ0n) is 11.9. The van der Waals surface area contributed by atoms with Gasteiger partial charge in [-0.1, -0.05) is 25.5 Å². The van der Waals surface area contributed by atoms with Crippen molar-refractivity contribution in [3.05, 3.63) is 54.1 Å². The van der Waals surface area contributed by atoms with E-state index in [1.807, 2.05) is 0 Å². The van der Waals surface area contributed by atoms with Gasteiger partial charge in [-0.2, -0.15) is 0 Å². The van der Waals surface area contributed by atoms with Crippen molar-refractivity contribution in [2.75, 3.05) is 11.9 Å². The number of halogens is 1. The summed E-state index contributed by atoms with van der Waals surface area (Å²) in [5.41, 5.74) is 1.30. The minimum atomic E-state index is -0.344. The molecule has 1 aromatic carbocycles. The average Bonchev–Trinajstić information content (AvgIpc) is 2.50. The lowest BCUT2D eigenvalue weighted by atomic mass is 10.2. The van der Waals surface area contributed by atoms with Crippen molar-refractivity contribution in [3.63, 3.8) is 0 Å². The highest BCUT2D eigenvalue weighted by Gasteiger charge is 2.08. The van der Waals surface area contributed by atoms with Crippen LogP contribution in [0.15, 0.2) is 42.6 Å². The van der Waals surface area contributed by atoms with E-state index in [1.165, 1.54) is 12.3 Å². The Bertz CT molecular complexity index is 616.